The molecule has 5 nitrogen and oxygen atoms in total. The van der Waals surface area contributed by atoms with Crippen LogP contribution in [0.15, 0.2) is 60.9 Å². The van der Waals surface area contributed by atoms with Crippen molar-refractivity contribution >= 4 is 5.91 Å². The van der Waals surface area contributed by atoms with Crippen LogP contribution < -0.4 is 5.32 Å². The molecule has 0 saturated carbocycles. The highest BCUT2D eigenvalue weighted by molar-refractivity contribution is 5.93. The summed E-state index contributed by atoms with van der Waals surface area (Å²) in [6.07, 6.45) is -7.30. The average molecular weight is 441 g/mol. The third-order valence-corrected chi connectivity index (χ3v) is 4.24. The third-order valence-electron chi connectivity index (χ3n) is 4.24. The number of carbonyl (C=O) groups is 1. The molecule has 0 radical (unpaired) electrons. The van der Waals surface area contributed by atoms with Crippen molar-refractivity contribution in [2.45, 2.75) is 18.4 Å². The molecule has 1 atom stereocenters. The summed E-state index contributed by atoms with van der Waals surface area (Å²) in [6, 6.07) is 5.72. The molecule has 0 fully saturated rings. The topological polar surface area (TPSA) is 75.1 Å². The Balaban J connectivity index is 2.08. The predicted octanol–water partition coefficient (Wildman–Crippen LogP) is 4.74. The van der Waals surface area contributed by atoms with Crippen molar-refractivity contribution in [2.24, 2.45) is 0 Å². The molecule has 1 aromatic carbocycles. The van der Waals surface area contributed by atoms with Gasteiger partial charge in [0, 0.05) is 18.5 Å². The second-order valence-corrected chi connectivity index (χ2v) is 6.36. The van der Waals surface area contributed by atoms with Gasteiger partial charge in [-0.05, 0) is 35.9 Å². The number of carbonyl (C=O) groups excluding carboxylic acids is 1. The van der Waals surface area contributed by atoms with E-state index in [0.717, 1.165) is 42.7 Å². The van der Waals surface area contributed by atoms with Gasteiger partial charge in [-0.3, -0.25) is 14.8 Å². The fourth-order valence-electron chi connectivity index (χ4n) is 2.81. The van der Waals surface area contributed by atoms with E-state index >= 15 is 0 Å². The molecule has 2 aromatic heterocycles. The van der Waals surface area contributed by atoms with Crippen molar-refractivity contribution in [1.29, 1.82) is 0 Å². The Kier molecular flexibility index (Phi) is 5.87. The predicted molar refractivity (Wildman–Crippen MR) is 95.9 cm³/mol. The summed E-state index contributed by atoms with van der Waals surface area (Å²) in [6.45, 7) is 0. The van der Waals surface area contributed by atoms with Crippen molar-refractivity contribution in [3.63, 3.8) is 0 Å². The highest BCUT2D eigenvalue weighted by atomic mass is 19.4. The van der Waals surface area contributed by atoms with Crippen molar-refractivity contribution < 1.29 is 36.2 Å². The highest BCUT2D eigenvalue weighted by Gasteiger charge is 2.37. The van der Waals surface area contributed by atoms with Gasteiger partial charge in [0.1, 0.15) is 11.4 Å². The Bertz CT molecular complexity index is 1080. The lowest BCUT2D eigenvalue weighted by Crippen LogP contribution is -2.32. The quantitative estimate of drug-likeness (QED) is 0.574. The standard InChI is InChI=1S/C20H13F6N3O2/c21-19(22,23)12-5-3-11(4-6-12)16(17-14(20(24,25)26)2-1-8-28-17)29-18(31)15-10-13(30)7-9-27-15/h1-10,16H,(H,27,30)(H,29,31). The molecule has 11 heteroatoms. The molecule has 3 rings (SSSR count). The lowest BCUT2D eigenvalue weighted by atomic mass is 9.97. The number of halogens is 6. The van der Waals surface area contributed by atoms with Crippen molar-refractivity contribution in [1.82, 2.24) is 15.3 Å². The first-order valence-corrected chi connectivity index (χ1v) is 8.62. The maximum absolute atomic E-state index is 13.5. The van der Waals surface area contributed by atoms with Crippen LogP contribution in [-0.2, 0) is 12.4 Å². The molecule has 0 spiro atoms. The minimum atomic E-state index is -4.83. The molecule has 2 heterocycles. The Morgan fingerprint density at radius 1 is 0.903 bits per heavy atom. The van der Waals surface area contributed by atoms with E-state index in [9.17, 15) is 36.2 Å². The van der Waals surface area contributed by atoms with E-state index in [1.807, 2.05) is 0 Å². The summed E-state index contributed by atoms with van der Waals surface area (Å²) in [5, 5.41) is 11.8. The maximum Gasteiger partial charge on any atom is 0.418 e. The van der Waals surface area contributed by atoms with E-state index in [0.29, 0.717) is 12.1 Å². The fourth-order valence-corrected chi connectivity index (χ4v) is 2.81. The number of nitrogens with zero attached hydrogens (tertiary/aromatic N) is 2. The van der Waals surface area contributed by atoms with E-state index in [1.165, 1.54) is 6.07 Å². The molecule has 0 bridgehead atoms. The molecule has 31 heavy (non-hydrogen) atoms. The second kappa shape index (κ2) is 8.25. The number of aromatic hydroxyl groups is 1. The molecule has 0 aliphatic heterocycles. The summed E-state index contributed by atoms with van der Waals surface area (Å²) >= 11 is 0. The Labute approximate surface area is 171 Å². The van der Waals surface area contributed by atoms with Gasteiger partial charge in [-0.25, -0.2) is 0 Å². The summed E-state index contributed by atoms with van der Waals surface area (Å²) < 4.78 is 79.1. The van der Waals surface area contributed by atoms with Gasteiger partial charge in [0.05, 0.1) is 22.9 Å². The van der Waals surface area contributed by atoms with Gasteiger partial charge in [0.15, 0.2) is 0 Å². The van der Waals surface area contributed by atoms with E-state index in [4.69, 9.17) is 0 Å². The molecule has 0 saturated heterocycles. The Morgan fingerprint density at radius 2 is 1.58 bits per heavy atom. The minimum Gasteiger partial charge on any atom is -0.508 e. The zero-order valence-electron chi connectivity index (χ0n) is 15.4. The smallest absolute Gasteiger partial charge is 0.418 e. The van der Waals surface area contributed by atoms with Crippen LogP contribution in [0, 0.1) is 0 Å². The van der Waals surface area contributed by atoms with E-state index in [-0.39, 0.29) is 17.0 Å². The summed E-state index contributed by atoms with van der Waals surface area (Å²) in [5.74, 6) is -1.26. The van der Waals surface area contributed by atoms with Gasteiger partial charge < -0.3 is 10.4 Å². The van der Waals surface area contributed by atoms with Gasteiger partial charge in [-0.15, -0.1) is 0 Å². The normalized spacial score (nSPS) is 13.0. The first-order valence-electron chi connectivity index (χ1n) is 8.62. The number of hydrogen-bond acceptors (Lipinski definition) is 4. The van der Waals surface area contributed by atoms with Crippen LogP contribution in [0.3, 0.4) is 0 Å². The van der Waals surface area contributed by atoms with Gasteiger partial charge in [0.25, 0.3) is 5.91 Å². The first kappa shape index (κ1) is 22.1. The number of rotatable bonds is 4. The first-order chi connectivity index (χ1) is 14.5. The Morgan fingerprint density at radius 3 is 2.16 bits per heavy atom. The average Bonchev–Trinajstić information content (AvgIpc) is 2.71. The molecule has 0 aliphatic rings. The van der Waals surface area contributed by atoms with Crippen molar-refractivity contribution in [3.05, 3.63) is 89.0 Å². The number of nitrogens with one attached hydrogen (secondary N) is 1. The molecule has 1 amide bonds. The van der Waals surface area contributed by atoms with Gasteiger partial charge in [-0.2, -0.15) is 26.3 Å². The number of alkyl halides is 6. The van der Waals surface area contributed by atoms with Gasteiger partial charge >= 0.3 is 12.4 Å². The molecule has 1 unspecified atom stereocenters. The summed E-state index contributed by atoms with van der Waals surface area (Å²) in [4.78, 5) is 20.0. The number of hydrogen-bond donors (Lipinski definition) is 2. The lowest BCUT2D eigenvalue weighted by molar-refractivity contribution is -0.139. The third kappa shape index (κ3) is 5.11. The molecular formula is C20H13F6N3O2. The van der Waals surface area contributed by atoms with Crippen LogP contribution in [0.1, 0.15) is 38.9 Å². The number of amides is 1. The van der Waals surface area contributed by atoms with Crippen LogP contribution in [0.2, 0.25) is 0 Å². The van der Waals surface area contributed by atoms with E-state index in [2.05, 4.69) is 15.3 Å². The van der Waals surface area contributed by atoms with Crippen molar-refractivity contribution in [3.8, 4) is 5.75 Å². The van der Waals surface area contributed by atoms with E-state index in [1.54, 1.807) is 0 Å². The summed E-state index contributed by atoms with van der Waals surface area (Å²) in [5.41, 5.74) is -3.15. The van der Waals surface area contributed by atoms with Gasteiger partial charge in [-0.1, -0.05) is 12.1 Å². The summed E-state index contributed by atoms with van der Waals surface area (Å²) in [7, 11) is 0. The zero-order chi connectivity index (χ0) is 22.8. The molecule has 0 aliphatic carbocycles. The second-order valence-electron chi connectivity index (χ2n) is 6.36. The maximum atomic E-state index is 13.5. The highest BCUT2D eigenvalue weighted by Crippen LogP contribution is 2.36. The zero-order valence-corrected chi connectivity index (χ0v) is 15.4. The van der Waals surface area contributed by atoms with Crippen LogP contribution in [0.25, 0.3) is 0 Å². The number of pyridine rings is 2. The molecule has 162 valence electrons. The van der Waals surface area contributed by atoms with Gasteiger partial charge in [0.2, 0.25) is 0 Å². The molecule has 3 aromatic rings. The van der Waals surface area contributed by atoms with Crippen LogP contribution in [0.5, 0.6) is 5.75 Å². The Hall–Kier alpha value is -3.63. The fraction of sp³-hybridized carbons (Fsp3) is 0.150. The van der Waals surface area contributed by atoms with Crippen LogP contribution >= 0.6 is 0 Å². The molecular weight excluding hydrogens is 428 g/mol. The monoisotopic (exact) mass is 441 g/mol. The number of aromatic nitrogens is 2. The lowest BCUT2D eigenvalue weighted by Gasteiger charge is -2.22. The molecule has 2 N–H and O–H groups in total. The SMILES string of the molecule is O=C(NC(c1ccc(C(F)(F)F)cc1)c1ncccc1C(F)(F)F)c1cc(O)ccn1. The minimum absolute atomic E-state index is 0.0642. The largest absolute Gasteiger partial charge is 0.508 e. The van der Waals surface area contributed by atoms with Crippen LogP contribution in [-0.4, -0.2) is 21.0 Å². The van der Waals surface area contributed by atoms with E-state index < -0.39 is 41.1 Å². The van der Waals surface area contributed by atoms with Crippen molar-refractivity contribution in [2.75, 3.05) is 0 Å². The number of benzene rings is 1. The van der Waals surface area contributed by atoms with Crippen LogP contribution in [0.4, 0.5) is 26.3 Å².